The maximum absolute atomic E-state index is 13.7. The van der Waals surface area contributed by atoms with Crippen LogP contribution in [0.15, 0.2) is 41.4 Å². The molecule has 0 aliphatic rings. The van der Waals surface area contributed by atoms with E-state index in [1.807, 2.05) is 19.0 Å². The summed E-state index contributed by atoms with van der Waals surface area (Å²) in [5.74, 6) is -0.0414. The Morgan fingerprint density at radius 1 is 1.23 bits per heavy atom. The number of nitrogens with zero attached hydrogens (tertiary/aromatic N) is 2. The number of aromatic nitrogens is 1. The van der Waals surface area contributed by atoms with Crippen molar-refractivity contribution in [2.45, 2.75) is 18.4 Å². The van der Waals surface area contributed by atoms with Crippen LogP contribution in [0.5, 0.6) is 0 Å². The van der Waals surface area contributed by atoms with Gasteiger partial charge >= 0.3 is 0 Å². The molecule has 2 aromatic rings. The first-order valence-electron chi connectivity index (χ1n) is 6.67. The first kappa shape index (κ1) is 16.4. The molecule has 0 bridgehead atoms. The van der Waals surface area contributed by atoms with Crippen LogP contribution >= 0.6 is 0 Å². The normalized spacial score (nSPS) is 11.5. The van der Waals surface area contributed by atoms with Crippen LogP contribution in [0.25, 0.3) is 0 Å². The van der Waals surface area contributed by atoms with E-state index in [0.717, 1.165) is 17.4 Å². The molecule has 0 radical (unpaired) electrons. The van der Waals surface area contributed by atoms with Crippen molar-refractivity contribution >= 4 is 15.8 Å². The lowest BCUT2D eigenvalue weighted by atomic mass is 10.2. The fraction of sp³-hybridized carbons (Fsp3) is 0.267. The summed E-state index contributed by atoms with van der Waals surface area (Å²) in [5, 5.41) is 0. The third-order valence-electron chi connectivity index (χ3n) is 3.11. The number of rotatable bonds is 5. The van der Waals surface area contributed by atoms with Crippen molar-refractivity contribution in [3.8, 4) is 0 Å². The largest absolute Gasteiger partial charge is 0.363 e. The van der Waals surface area contributed by atoms with Gasteiger partial charge in [-0.2, -0.15) is 0 Å². The van der Waals surface area contributed by atoms with E-state index in [4.69, 9.17) is 0 Å². The quantitative estimate of drug-likeness (QED) is 0.915. The zero-order valence-electron chi connectivity index (χ0n) is 12.7. The van der Waals surface area contributed by atoms with Crippen molar-refractivity contribution in [1.82, 2.24) is 9.71 Å². The molecular formula is C15H18FN3O2S. The second kappa shape index (κ2) is 6.41. The fourth-order valence-corrected chi connectivity index (χ4v) is 3.07. The lowest BCUT2D eigenvalue weighted by molar-refractivity contribution is 0.556. The van der Waals surface area contributed by atoms with Crippen LogP contribution in [0, 0.1) is 12.7 Å². The molecule has 0 saturated heterocycles. The summed E-state index contributed by atoms with van der Waals surface area (Å²) in [6.07, 6.45) is 1.60. The molecule has 1 N–H and O–H groups in total. The molecule has 22 heavy (non-hydrogen) atoms. The number of halogens is 1. The summed E-state index contributed by atoms with van der Waals surface area (Å²) in [6.45, 7) is 1.78. The van der Waals surface area contributed by atoms with Crippen molar-refractivity contribution in [2.24, 2.45) is 0 Å². The minimum Gasteiger partial charge on any atom is -0.363 e. The average Bonchev–Trinajstić information content (AvgIpc) is 2.48. The SMILES string of the molecule is Cc1ccc(F)c(S(=O)(=O)NCc2ccnc(N(C)C)c2)c1. The molecule has 0 aliphatic carbocycles. The number of benzene rings is 1. The smallest absolute Gasteiger partial charge is 0.243 e. The molecule has 0 fully saturated rings. The third kappa shape index (κ3) is 3.80. The van der Waals surface area contributed by atoms with Gasteiger partial charge in [-0.1, -0.05) is 6.07 Å². The molecule has 118 valence electrons. The number of sulfonamides is 1. The summed E-state index contributed by atoms with van der Waals surface area (Å²) >= 11 is 0. The lowest BCUT2D eigenvalue weighted by Gasteiger charge is -2.13. The molecule has 1 aromatic carbocycles. The predicted octanol–water partition coefficient (Wildman–Crippen LogP) is 2.07. The van der Waals surface area contributed by atoms with Gasteiger partial charge in [-0.05, 0) is 42.3 Å². The monoisotopic (exact) mass is 323 g/mol. The number of pyridine rings is 1. The number of nitrogens with one attached hydrogen (secondary N) is 1. The van der Waals surface area contributed by atoms with Gasteiger partial charge in [0.25, 0.3) is 0 Å². The molecule has 7 heteroatoms. The van der Waals surface area contributed by atoms with E-state index >= 15 is 0 Å². The van der Waals surface area contributed by atoms with E-state index in [-0.39, 0.29) is 11.4 Å². The van der Waals surface area contributed by atoms with E-state index < -0.39 is 15.8 Å². The van der Waals surface area contributed by atoms with Crippen LogP contribution in [0.2, 0.25) is 0 Å². The summed E-state index contributed by atoms with van der Waals surface area (Å²) in [4.78, 5) is 5.64. The first-order chi connectivity index (χ1) is 10.3. The fourth-order valence-electron chi connectivity index (χ4n) is 1.89. The molecule has 0 aliphatic heterocycles. The molecule has 0 amide bonds. The minimum absolute atomic E-state index is 0.0685. The Morgan fingerprint density at radius 2 is 1.95 bits per heavy atom. The summed E-state index contributed by atoms with van der Waals surface area (Å²) in [6, 6.07) is 7.48. The average molecular weight is 323 g/mol. The highest BCUT2D eigenvalue weighted by Crippen LogP contribution is 2.17. The van der Waals surface area contributed by atoms with Gasteiger partial charge in [0.1, 0.15) is 16.5 Å². The number of anilines is 1. The van der Waals surface area contributed by atoms with Crippen LogP contribution in [-0.4, -0.2) is 27.5 Å². The van der Waals surface area contributed by atoms with Gasteiger partial charge in [0.05, 0.1) is 0 Å². The van der Waals surface area contributed by atoms with Crippen LogP contribution in [0.4, 0.5) is 10.2 Å². The van der Waals surface area contributed by atoms with Crippen molar-refractivity contribution in [1.29, 1.82) is 0 Å². The zero-order valence-corrected chi connectivity index (χ0v) is 13.5. The maximum atomic E-state index is 13.7. The standard InChI is InChI=1S/C15H18FN3O2S/c1-11-4-5-13(16)14(8-11)22(20,21)18-10-12-6-7-17-15(9-12)19(2)3/h4-9,18H,10H2,1-3H3. The second-order valence-electron chi connectivity index (χ2n) is 5.18. The van der Waals surface area contributed by atoms with Gasteiger partial charge in [0.2, 0.25) is 10.0 Å². The highest BCUT2D eigenvalue weighted by molar-refractivity contribution is 7.89. The van der Waals surface area contributed by atoms with Gasteiger partial charge in [0.15, 0.2) is 0 Å². The van der Waals surface area contributed by atoms with E-state index in [1.54, 1.807) is 25.3 Å². The van der Waals surface area contributed by atoms with Crippen molar-refractivity contribution in [3.63, 3.8) is 0 Å². The predicted molar refractivity (Wildman–Crippen MR) is 83.7 cm³/mol. The zero-order chi connectivity index (χ0) is 16.3. The highest BCUT2D eigenvalue weighted by Gasteiger charge is 2.18. The van der Waals surface area contributed by atoms with Crippen LogP contribution in [0.1, 0.15) is 11.1 Å². The topological polar surface area (TPSA) is 62.3 Å². The molecule has 2 rings (SSSR count). The van der Waals surface area contributed by atoms with Gasteiger partial charge in [-0.3, -0.25) is 0 Å². The van der Waals surface area contributed by atoms with Crippen LogP contribution in [0.3, 0.4) is 0 Å². The maximum Gasteiger partial charge on any atom is 0.243 e. The molecule has 0 unspecified atom stereocenters. The number of hydrogen-bond acceptors (Lipinski definition) is 4. The molecule has 0 atom stereocenters. The molecule has 1 heterocycles. The van der Waals surface area contributed by atoms with E-state index in [0.29, 0.717) is 5.56 Å². The molecule has 0 spiro atoms. The Bertz CT molecular complexity index is 776. The summed E-state index contributed by atoms with van der Waals surface area (Å²) in [7, 11) is -0.212. The molecule has 1 aromatic heterocycles. The highest BCUT2D eigenvalue weighted by atomic mass is 32.2. The molecule has 5 nitrogen and oxygen atoms in total. The Balaban J connectivity index is 2.20. The third-order valence-corrected chi connectivity index (χ3v) is 4.53. The van der Waals surface area contributed by atoms with Gasteiger partial charge in [0, 0.05) is 26.8 Å². The van der Waals surface area contributed by atoms with Crippen molar-refractivity contribution in [3.05, 3.63) is 53.5 Å². The number of hydrogen-bond donors (Lipinski definition) is 1. The molecule has 0 saturated carbocycles. The Hall–Kier alpha value is -1.99. The van der Waals surface area contributed by atoms with Crippen molar-refractivity contribution in [2.75, 3.05) is 19.0 Å². The summed E-state index contributed by atoms with van der Waals surface area (Å²) in [5.41, 5.74) is 1.43. The Labute approximate surface area is 129 Å². The van der Waals surface area contributed by atoms with Crippen LogP contribution < -0.4 is 9.62 Å². The minimum atomic E-state index is -3.90. The van der Waals surface area contributed by atoms with Gasteiger partial charge in [-0.25, -0.2) is 22.5 Å². The Morgan fingerprint density at radius 3 is 2.64 bits per heavy atom. The first-order valence-corrected chi connectivity index (χ1v) is 8.16. The van der Waals surface area contributed by atoms with Gasteiger partial charge in [-0.15, -0.1) is 0 Å². The lowest BCUT2D eigenvalue weighted by Crippen LogP contribution is -2.24. The van der Waals surface area contributed by atoms with Crippen molar-refractivity contribution < 1.29 is 12.8 Å². The molecular weight excluding hydrogens is 305 g/mol. The van der Waals surface area contributed by atoms with E-state index in [1.165, 1.54) is 12.1 Å². The summed E-state index contributed by atoms with van der Waals surface area (Å²) < 4.78 is 40.6. The van der Waals surface area contributed by atoms with Gasteiger partial charge < -0.3 is 4.90 Å². The van der Waals surface area contributed by atoms with E-state index in [2.05, 4.69) is 9.71 Å². The Kier molecular flexibility index (Phi) is 4.77. The second-order valence-corrected chi connectivity index (χ2v) is 6.91. The number of aryl methyl sites for hydroxylation is 1. The van der Waals surface area contributed by atoms with Crippen LogP contribution in [-0.2, 0) is 16.6 Å². The van der Waals surface area contributed by atoms with E-state index in [9.17, 15) is 12.8 Å².